The molecule has 0 radical (unpaired) electrons. The molecule has 2 rings (SSSR count). The Morgan fingerprint density at radius 3 is 2.53 bits per heavy atom. The number of nitrogens with zero attached hydrogens (tertiary/aromatic N) is 2. The van der Waals surface area contributed by atoms with E-state index < -0.39 is 6.10 Å². The van der Waals surface area contributed by atoms with Crippen molar-refractivity contribution in [1.82, 2.24) is 9.80 Å². The molecule has 0 spiro atoms. The Kier molecular flexibility index (Phi) is 5.22. The van der Waals surface area contributed by atoms with Gasteiger partial charge in [-0.05, 0) is 33.1 Å². The van der Waals surface area contributed by atoms with E-state index in [2.05, 4.69) is 18.7 Å². The fourth-order valence-corrected chi connectivity index (χ4v) is 3.47. The molecule has 1 N–H and O–H groups in total. The molecule has 2 aliphatic rings. The van der Waals surface area contributed by atoms with Gasteiger partial charge in [-0.15, -0.1) is 0 Å². The summed E-state index contributed by atoms with van der Waals surface area (Å²) in [6.07, 6.45) is 6.33. The van der Waals surface area contributed by atoms with Crippen LogP contribution in [0.1, 0.15) is 52.4 Å². The third kappa shape index (κ3) is 3.93. The van der Waals surface area contributed by atoms with Crippen LogP contribution in [0.25, 0.3) is 0 Å². The second-order valence-corrected chi connectivity index (χ2v) is 6.33. The maximum atomic E-state index is 11.6. The number of hydrogen-bond donors (Lipinski definition) is 1. The van der Waals surface area contributed by atoms with Crippen LogP contribution >= 0.6 is 0 Å². The van der Waals surface area contributed by atoms with Crippen molar-refractivity contribution in [2.24, 2.45) is 0 Å². The average Bonchev–Trinajstić information content (AvgIpc) is 2.98. The topological polar surface area (TPSA) is 43.8 Å². The van der Waals surface area contributed by atoms with Crippen molar-refractivity contribution in [3.05, 3.63) is 0 Å². The summed E-state index contributed by atoms with van der Waals surface area (Å²) in [5.41, 5.74) is 0. The average molecular weight is 268 g/mol. The lowest BCUT2D eigenvalue weighted by molar-refractivity contribution is -0.129. The van der Waals surface area contributed by atoms with Crippen LogP contribution in [0.3, 0.4) is 0 Å². The summed E-state index contributed by atoms with van der Waals surface area (Å²) in [7, 11) is 0. The summed E-state index contributed by atoms with van der Waals surface area (Å²) < 4.78 is 0. The van der Waals surface area contributed by atoms with Crippen LogP contribution in [0.2, 0.25) is 0 Å². The lowest BCUT2D eigenvalue weighted by atomic mass is 10.1. The molecule has 110 valence electrons. The number of carbonyl (C=O) groups is 1. The lowest BCUT2D eigenvalue weighted by Crippen LogP contribution is -2.47. The molecule has 1 aliphatic heterocycles. The molecule has 4 heteroatoms. The van der Waals surface area contributed by atoms with Gasteiger partial charge < -0.3 is 10.0 Å². The minimum Gasteiger partial charge on any atom is -0.390 e. The van der Waals surface area contributed by atoms with Crippen molar-refractivity contribution in [3.63, 3.8) is 0 Å². The Balaban J connectivity index is 1.83. The zero-order valence-electron chi connectivity index (χ0n) is 12.3. The zero-order chi connectivity index (χ0) is 13.8. The largest absolute Gasteiger partial charge is 0.390 e. The standard InChI is InChI=1S/C15H28N2O2/c1-12(2)17(13-6-3-4-7-13)11-14(18)10-16-9-5-8-15(16)19/h12-14,18H,3-11H2,1-2H3. The van der Waals surface area contributed by atoms with Crippen molar-refractivity contribution < 1.29 is 9.90 Å². The van der Waals surface area contributed by atoms with E-state index in [0.717, 1.165) is 13.0 Å². The van der Waals surface area contributed by atoms with Gasteiger partial charge in [0.15, 0.2) is 0 Å². The van der Waals surface area contributed by atoms with Crippen LogP contribution in [0.5, 0.6) is 0 Å². The summed E-state index contributed by atoms with van der Waals surface area (Å²) in [5, 5.41) is 10.3. The Bertz CT molecular complexity index is 301. The van der Waals surface area contributed by atoms with Crippen LogP contribution in [-0.4, -0.2) is 58.6 Å². The van der Waals surface area contributed by atoms with Gasteiger partial charge in [0, 0.05) is 38.1 Å². The molecule has 1 heterocycles. The third-order valence-electron chi connectivity index (χ3n) is 4.48. The molecule has 4 nitrogen and oxygen atoms in total. The fourth-order valence-electron chi connectivity index (χ4n) is 3.47. The number of rotatable bonds is 6. The molecule has 0 bridgehead atoms. The van der Waals surface area contributed by atoms with Gasteiger partial charge in [-0.25, -0.2) is 0 Å². The second kappa shape index (κ2) is 6.71. The predicted octanol–water partition coefficient (Wildman–Crippen LogP) is 1.62. The number of likely N-dealkylation sites (tertiary alicyclic amines) is 1. The normalized spacial score (nSPS) is 23.0. The van der Waals surface area contributed by atoms with Gasteiger partial charge >= 0.3 is 0 Å². The molecule has 0 aromatic carbocycles. The van der Waals surface area contributed by atoms with Gasteiger partial charge in [-0.1, -0.05) is 12.8 Å². The highest BCUT2D eigenvalue weighted by molar-refractivity contribution is 5.78. The summed E-state index contributed by atoms with van der Waals surface area (Å²) in [6, 6.07) is 1.09. The molecule has 0 aromatic heterocycles. The third-order valence-corrected chi connectivity index (χ3v) is 4.48. The molecular formula is C15H28N2O2. The molecule has 1 unspecified atom stereocenters. The lowest BCUT2D eigenvalue weighted by Gasteiger charge is -2.35. The van der Waals surface area contributed by atoms with Gasteiger partial charge in [0.2, 0.25) is 5.91 Å². The van der Waals surface area contributed by atoms with Gasteiger partial charge in [-0.3, -0.25) is 9.69 Å². The van der Waals surface area contributed by atoms with Gasteiger partial charge in [0.1, 0.15) is 0 Å². The molecule has 2 fully saturated rings. The summed E-state index contributed by atoms with van der Waals surface area (Å²) in [5.74, 6) is 0.205. The smallest absolute Gasteiger partial charge is 0.222 e. The molecule has 1 saturated carbocycles. The highest BCUT2D eigenvalue weighted by Gasteiger charge is 2.28. The first-order valence-corrected chi connectivity index (χ1v) is 7.79. The number of carbonyl (C=O) groups excluding carboxylic acids is 1. The molecule has 19 heavy (non-hydrogen) atoms. The number of hydrogen-bond acceptors (Lipinski definition) is 3. The van der Waals surface area contributed by atoms with Crippen LogP contribution in [0.15, 0.2) is 0 Å². The first-order valence-electron chi connectivity index (χ1n) is 7.79. The van der Waals surface area contributed by atoms with Crippen molar-refractivity contribution >= 4 is 5.91 Å². The van der Waals surface area contributed by atoms with Gasteiger partial charge in [0.05, 0.1) is 6.10 Å². The predicted molar refractivity (Wildman–Crippen MR) is 75.9 cm³/mol. The molecule has 0 aromatic rings. The molecular weight excluding hydrogens is 240 g/mol. The summed E-state index contributed by atoms with van der Waals surface area (Å²) in [4.78, 5) is 15.8. The van der Waals surface area contributed by atoms with Crippen molar-refractivity contribution in [3.8, 4) is 0 Å². The Morgan fingerprint density at radius 2 is 2.00 bits per heavy atom. The molecule has 1 amide bonds. The Hall–Kier alpha value is -0.610. The quantitative estimate of drug-likeness (QED) is 0.796. The van der Waals surface area contributed by atoms with Crippen molar-refractivity contribution in [2.45, 2.75) is 70.6 Å². The molecule has 1 aliphatic carbocycles. The minimum absolute atomic E-state index is 0.205. The highest BCUT2D eigenvalue weighted by atomic mass is 16.3. The number of aliphatic hydroxyl groups is 1. The van der Waals surface area contributed by atoms with E-state index in [9.17, 15) is 9.90 Å². The monoisotopic (exact) mass is 268 g/mol. The Labute approximate surface area is 116 Å². The summed E-state index contributed by atoms with van der Waals surface area (Å²) >= 11 is 0. The van der Waals surface area contributed by atoms with Crippen LogP contribution in [-0.2, 0) is 4.79 Å². The maximum absolute atomic E-state index is 11.6. The SMILES string of the molecule is CC(C)N(CC(O)CN1CCCC1=O)C1CCCC1. The number of aliphatic hydroxyl groups excluding tert-OH is 1. The van der Waals surface area contributed by atoms with Gasteiger partial charge in [0.25, 0.3) is 0 Å². The molecule has 1 atom stereocenters. The molecule has 1 saturated heterocycles. The number of amides is 1. The van der Waals surface area contributed by atoms with Crippen LogP contribution in [0.4, 0.5) is 0 Å². The van der Waals surface area contributed by atoms with E-state index in [4.69, 9.17) is 0 Å². The van der Waals surface area contributed by atoms with Crippen molar-refractivity contribution in [1.29, 1.82) is 0 Å². The number of β-amino-alcohol motifs (C(OH)–C–C–N with tert-alkyl or cyclic N) is 1. The van der Waals surface area contributed by atoms with Crippen LogP contribution in [0, 0.1) is 0 Å². The minimum atomic E-state index is -0.412. The van der Waals surface area contributed by atoms with E-state index in [0.29, 0.717) is 31.6 Å². The van der Waals surface area contributed by atoms with E-state index in [-0.39, 0.29) is 5.91 Å². The van der Waals surface area contributed by atoms with Crippen molar-refractivity contribution in [2.75, 3.05) is 19.6 Å². The first kappa shape index (κ1) is 14.8. The first-order chi connectivity index (χ1) is 9.08. The summed E-state index contributed by atoms with van der Waals surface area (Å²) in [6.45, 7) is 6.43. The van der Waals surface area contributed by atoms with E-state index in [1.807, 2.05) is 4.90 Å². The highest BCUT2D eigenvalue weighted by Crippen LogP contribution is 2.25. The van der Waals surface area contributed by atoms with Gasteiger partial charge in [-0.2, -0.15) is 0 Å². The van der Waals surface area contributed by atoms with E-state index in [1.165, 1.54) is 25.7 Å². The Morgan fingerprint density at radius 1 is 1.32 bits per heavy atom. The maximum Gasteiger partial charge on any atom is 0.222 e. The van der Waals surface area contributed by atoms with E-state index in [1.54, 1.807) is 0 Å². The van der Waals surface area contributed by atoms with Crippen LogP contribution < -0.4 is 0 Å². The second-order valence-electron chi connectivity index (χ2n) is 6.33. The van der Waals surface area contributed by atoms with E-state index >= 15 is 0 Å². The zero-order valence-corrected chi connectivity index (χ0v) is 12.3. The fraction of sp³-hybridized carbons (Fsp3) is 0.933.